The highest BCUT2D eigenvalue weighted by molar-refractivity contribution is 5.51. The third-order valence-electron chi connectivity index (χ3n) is 2.58. The highest BCUT2D eigenvalue weighted by atomic mass is 19.1. The first-order valence-electron chi connectivity index (χ1n) is 5.58. The predicted octanol–water partition coefficient (Wildman–Crippen LogP) is 1.52. The Bertz CT molecular complexity index is 599. The fraction of sp³-hybridized carbons (Fsp3) is 0.273. The summed E-state index contributed by atoms with van der Waals surface area (Å²) in [6.45, 7) is 0.479. The van der Waals surface area contributed by atoms with Crippen LogP contribution in [0.4, 0.5) is 15.8 Å². The molecule has 0 spiro atoms. The molecule has 2 aromatic rings. The van der Waals surface area contributed by atoms with Crippen LogP contribution in [-0.4, -0.2) is 26.2 Å². The van der Waals surface area contributed by atoms with Crippen molar-refractivity contribution in [2.24, 2.45) is 7.05 Å². The molecule has 0 unspecified atom stereocenters. The van der Waals surface area contributed by atoms with Gasteiger partial charge >= 0.3 is 0 Å². The number of aromatic nitrogens is 3. The molecular weight excluding hydrogens is 253 g/mol. The van der Waals surface area contributed by atoms with Gasteiger partial charge in [0.15, 0.2) is 0 Å². The van der Waals surface area contributed by atoms with Gasteiger partial charge in [0.25, 0.3) is 5.69 Å². The largest absolute Gasteiger partial charge is 0.384 e. The lowest BCUT2D eigenvalue weighted by atomic mass is 10.2. The van der Waals surface area contributed by atoms with E-state index in [1.54, 1.807) is 10.9 Å². The number of rotatable bonds is 5. The SMILES string of the molecule is Cn1cnnc1CCNc1cc(F)cc([N+](=O)[O-])c1. The third-order valence-corrected chi connectivity index (χ3v) is 2.58. The van der Waals surface area contributed by atoms with Gasteiger partial charge in [0.2, 0.25) is 0 Å². The number of nitrogens with zero attached hydrogens (tertiary/aromatic N) is 4. The van der Waals surface area contributed by atoms with Crippen molar-refractivity contribution >= 4 is 11.4 Å². The van der Waals surface area contributed by atoms with Gasteiger partial charge in [0, 0.05) is 31.8 Å². The molecule has 1 N–H and O–H groups in total. The summed E-state index contributed by atoms with van der Waals surface area (Å²) >= 11 is 0. The van der Waals surface area contributed by atoms with Crippen molar-refractivity contribution < 1.29 is 9.31 Å². The summed E-state index contributed by atoms with van der Waals surface area (Å²) in [5.74, 6) is 0.133. The minimum absolute atomic E-state index is 0.277. The lowest BCUT2D eigenvalue weighted by Gasteiger charge is -2.06. The molecule has 0 aliphatic heterocycles. The van der Waals surface area contributed by atoms with Crippen LogP contribution in [0.3, 0.4) is 0 Å². The zero-order valence-corrected chi connectivity index (χ0v) is 10.2. The Hall–Kier alpha value is -2.51. The van der Waals surface area contributed by atoms with Crippen LogP contribution >= 0.6 is 0 Å². The fourth-order valence-electron chi connectivity index (χ4n) is 1.63. The van der Waals surface area contributed by atoms with Crippen molar-refractivity contribution in [2.45, 2.75) is 6.42 Å². The number of non-ortho nitro benzene ring substituents is 1. The number of aryl methyl sites for hydroxylation is 1. The third kappa shape index (κ3) is 3.24. The maximum atomic E-state index is 13.2. The second-order valence-corrected chi connectivity index (χ2v) is 3.99. The Kier molecular flexibility index (Phi) is 3.69. The van der Waals surface area contributed by atoms with Crippen molar-refractivity contribution in [2.75, 3.05) is 11.9 Å². The topological polar surface area (TPSA) is 85.9 Å². The van der Waals surface area contributed by atoms with Crippen molar-refractivity contribution in [1.82, 2.24) is 14.8 Å². The molecule has 1 aromatic carbocycles. The first-order valence-corrected chi connectivity index (χ1v) is 5.58. The summed E-state index contributed by atoms with van der Waals surface area (Å²) in [7, 11) is 1.82. The van der Waals surface area contributed by atoms with Crippen LogP contribution in [0.5, 0.6) is 0 Å². The first kappa shape index (κ1) is 12.9. The predicted molar refractivity (Wildman–Crippen MR) is 66.3 cm³/mol. The van der Waals surface area contributed by atoms with Crippen LogP contribution in [0, 0.1) is 15.9 Å². The Labute approximate surface area is 108 Å². The minimum Gasteiger partial charge on any atom is -0.384 e. The number of halogens is 1. The molecule has 0 atom stereocenters. The van der Waals surface area contributed by atoms with Crippen molar-refractivity contribution in [3.63, 3.8) is 0 Å². The molecule has 1 aromatic heterocycles. The van der Waals surface area contributed by atoms with Gasteiger partial charge in [-0.1, -0.05) is 0 Å². The standard InChI is InChI=1S/C11H12FN5O2/c1-16-7-14-15-11(16)2-3-13-9-4-8(12)5-10(6-9)17(18)19/h4-7,13H,2-3H2,1H3. The van der Waals surface area contributed by atoms with Gasteiger partial charge < -0.3 is 9.88 Å². The number of nitro benzene ring substituents is 1. The Morgan fingerprint density at radius 3 is 2.89 bits per heavy atom. The maximum absolute atomic E-state index is 13.2. The van der Waals surface area contributed by atoms with E-state index >= 15 is 0 Å². The van der Waals surface area contributed by atoms with Crippen molar-refractivity contribution in [1.29, 1.82) is 0 Å². The van der Waals surface area contributed by atoms with Crippen LogP contribution in [-0.2, 0) is 13.5 Å². The Morgan fingerprint density at radius 2 is 2.26 bits per heavy atom. The van der Waals surface area contributed by atoms with Crippen LogP contribution in [0.2, 0.25) is 0 Å². The van der Waals surface area contributed by atoms with E-state index in [2.05, 4.69) is 15.5 Å². The maximum Gasteiger partial charge on any atom is 0.274 e. The van der Waals surface area contributed by atoms with Crippen LogP contribution in [0.15, 0.2) is 24.5 Å². The number of nitrogens with one attached hydrogen (secondary N) is 1. The first-order chi connectivity index (χ1) is 9.06. The number of hydrogen-bond donors (Lipinski definition) is 1. The highest BCUT2D eigenvalue weighted by Gasteiger charge is 2.09. The average Bonchev–Trinajstić information content (AvgIpc) is 2.74. The van der Waals surface area contributed by atoms with Gasteiger partial charge in [-0.2, -0.15) is 0 Å². The zero-order valence-electron chi connectivity index (χ0n) is 10.2. The average molecular weight is 265 g/mol. The molecule has 7 nitrogen and oxygen atoms in total. The minimum atomic E-state index is -0.643. The smallest absolute Gasteiger partial charge is 0.274 e. The number of benzene rings is 1. The van der Waals surface area contributed by atoms with Crippen LogP contribution in [0.1, 0.15) is 5.82 Å². The molecule has 0 aliphatic carbocycles. The normalized spacial score (nSPS) is 10.4. The quantitative estimate of drug-likeness (QED) is 0.654. The summed E-state index contributed by atoms with van der Waals surface area (Å²) in [4.78, 5) is 9.97. The van der Waals surface area contributed by atoms with Crippen LogP contribution < -0.4 is 5.32 Å². The summed E-state index contributed by atoms with van der Waals surface area (Å²) < 4.78 is 15.0. The molecule has 0 saturated heterocycles. The van der Waals surface area contributed by atoms with Crippen molar-refractivity contribution in [3.8, 4) is 0 Å². The van der Waals surface area contributed by atoms with E-state index in [9.17, 15) is 14.5 Å². The molecule has 0 fully saturated rings. The second kappa shape index (κ2) is 5.42. The van der Waals surface area contributed by atoms with E-state index in [1.807, 2.05) is 7.05 Å². The highest BCUT2D eigenvalue weighted by Crippen LogP contribution is 2.19. The van der Waals surface area contributed by atoms with Gasteiger partial charge in [0.05, 0.1) is 11.0 Å². The Balaban J connectivity index is 2.00. The molecule has 0 saturated carbocycles. The second-order valence-electron chi connectivity index (χ2n) is 3.99. The molecule has 0 amide bonds. The van der Waals surface area contributed by atoms with E-state index in [0.717, 1.165) is 11.9 Å². The summed E-state index contributed by atoms with van der Waals surface area (Å²) in [5, 5.41) is 21.2. The Morgan fingerprint density at radius 1 is 1.47 bits per heavy atom. The van der Waals surface area contributed by atoms with E-state index in [4.69, 9.17) is 0 Å². The van der Waals surface area contributed by atoms with Gasteiger partial charge in [-0.3, -0.25) is 10.1 Å². The molecule has 100 valence electrons. The molecule has 19 heavy (non-hydrogen) atoms. The molecule has 0 aliphatic rings. The number of nitro groups is 1. The van der Waals surface area contributed by atoms with E-state index in [1.165, 1.54) is 12.1 Å². The summed E-state index contributed by atoms with van der Waals surface area (Å²) in [6, 6.07) is 3.39. The van der Waals surface area contributed by atoms with Gasteiger partial charge in [-0.15, -0.1) is 10.2 Å². The monoisotopic (exact) mass is 265 g/mol. The molecule has 0 bridgehead atoms. The van der Waals surface area contributed by atoms with Gasteiger partial charge in [-0.25, -0.2) is 4.39 Å². The van der Waals surface area contributed by atoms with Gasteiger partial charge in [-0.05, 0) is 6.07 Å². The van der Waals surface area contributed by atoms with Crippen molar-refractivity contribution in [3.05, 3.63) is 46.3 Å². The lowest BCUT2D eigenvalue weighted by molar-refractivity contribution is -0.385. The lowest BCUT2D eigenvalue weighted by Crippen LogP contribution is -2.09. The van der Waals surface area contributed by atoms with Crippen LogP contribution in [0.25, 0.3) is 0 Å². The summed E-state index contributed by atoms with van der Waals surface area (Å²) in [5.41, 5.74) is 0.0926. The van der Waals surface area contributed by atoms with Gasteiger partial charge in [0.1, 0.15) is 18.0 Å². The summed E-state index contributed by atoms with van der Waals surface area (Å²) in [6.07, 6.45) is 2.17. The van der Waals surface area contributed by atoms with E-state index in [-0.39, 0.29) is 5.69 Å². The number of hydrogen-bond acceptors (Lipinski definition) is 5. The molecule has 1 heterocycles. The number of anilines is 1. The molecular formula is C11H12FN5O2. The molecule has 0 radical (unpaired) electrons. The fourth-order valence-corrected chi connectivity index (χ4v) is 1.63. The molecule has 2 rings (SSSR count). The molecule has 8 heteroatoms. The van der Waals surface area contributed by atoms with E-state index in [0.29, 0.717) is 18.7 Å². The van der Waals surface area contributed by atoms with E-state index < -0.39 is 10.7 Å². The zero-order chi connectivity index (χ0) is 13.8.